The molecule has 1 atom stereocenters. The summed E-state index contributed by atoms with van der Waals surface area (Å²) >= 11 is 0. The van der Waals surface area contributed by atoms with Gasteiger partial charge < -0.3 is 20.7 Å². The van der Waals surface area contributed by atoms with E-state index in [4.69, 9.17) is 10.5 Å². The monoisotopic (exact) mass is 330 g/mol. The van der Waals surface area contributed by atoms with Gasteiger partial charge in [-0.2, -0.15) is 0 Å². The molecule has 1 aromatic carbocycles. The highest BCUT2D eigenvalue weighted by molar-refractivity contribution is 5.78. The molecule has 0 amide bonds. The van der Waals surface area contributed by atoms with E-state index in [0.29, 0.717) is 18.0 Å². The van der Waals surface area contributed by atoms with Gasteiger partial charge in [0.1, 0.15) is 5.75 Å². The van der Waals surface area contributed by atoms with E-state index in [9.17, 15) is 0 Å². The Balaban J connectivity index is 1.50. The third-order valence-corrected chi connectivity index (χ3v) is 4.96. The van der Waals surface area contributed by atoms with Crippen LogP contribution in [0.15, 0.2) is 29.3 Å². The molecular formula is C19H30N4O. The Morgan fingerprint density at radius 2 is 2.25 bits per heavy atom. The Morgan fingerprint density at radius 1 is 1.42 bits per heavy atom. The number of para-hydroxylation sites is 1. The number of benzene rings is 1. The number of nitrogens with zero attached hydrogens (tertiary/aromatic N) is 2. The molecule has 0 saturated carbocycles. The van der Waals surface area contributed by atoms with Gasteiger partial charge in [0.05, 0.1) is 19.2 Å². The normalized spacial score (nSPS) is 24.1. The van der Waals surface area contributed by atoms with Gasteiger partial charge in [0.2, 0.25) is 0 Å². The van der Waals surface area contributed by atoms with Crippen molar-refractivity contribution in [1.29, 1.82) is 0 Å². The van der Waals surface area contributed by atoms with Crippen molar-refractivity contribution in [2.24, 2.45) is 16.1 Å². The number of piperidine rings is 1. The van der Waals surface area contributed by atoms with Crippen molar-refractivity contribution in [2.75, 3.05) is 32.8 Å². The zero-order chi connectivity index (χ0) is 17.0. The number of fused-ring (bicyclic) bond motifs is 1. The van der Waals surface area contributed by atoms with Crippen LogP contribution >= 0.6 is 0 Å². The maximum Gasteiger partial charge on any atom is 0.189 e. The first-order valence-corrected chi connectivity index (χ1v) is 9.04. The van der Waals surface area contributed by atoms with Crippen molar-refractivity contribution in [2.45, 2.75) is 39.2 Å². The molecule has 3 rings (SSSR count). The lowest BCUT2D eigenvalue weighted by Gasteiger charge is -2.37. The number of nitrogens with two attached hydrogens (primary N) is 1. The lowest BCUT2D eigenvalue weighted by molar-refractivity contribution is 0.121. The minimum atomic E-state index is 0.188. The number of aliphatic imine (C=N–C) groups is 1. The molecule has 0 spiro atoms. The summed E-state index contributed by atoms with van der Waals surface area (Å²) in [7, 11) is 0. The summed E-state index contributed by atoms with van der Waals surface area (Å²) < 4.78 is 5.69. The van der Waals surface area contributed by atoms with Crippen molar-refractivity contribution < 1.29 is 4.74 Å². The van der Waals surface area contributed by atoms with Crippen LogP contribution in [0, 0.1) is 5.41 Å². The summed E-state index contributed by atoms with van der Waals surface area (Å²) in [5.74, 6) is 1.48. The second kappa shape index (κ2) is 7.43. The molecule has 1 saturated heterocycles. The van der Waals surface area contributed by atoms with Crippen molar-refractivity contribution in [3.63, 3.8) is 0 Å². The fraction of sp³-hybridized carbons (Fsp3) is 0.632. The fourth-order valence-electron chi connectivity index (χ4n) is 3.76. The Labute approximate surface area is 145 Å². The number of likely N-dealkylation sites (tertiary alicyclic amines) is 1. The second-order valence-electron chi connectivity index (χ2n) is 7.68. The van der Waals surface area contributed by atoms with Crippen molar-refractivity contribution in [3.05, 3.63) is 29.8 Å². The van der Waals surface area contributed by atoms with Crippen molar-refractivity contribution >= 4 is 5.96 Å². The van der Waals surface area contributed by atoms with Gasteiger partial charge in [-0.1, -0.05) is 32.0 Å². The molecule has 24 heavy (non-hydrogen) atoms. The molecule has 132 valence electrons. The third kappa shape index (κ3) is 4.41. The minimum absolute atomic E-state index is 0.188. The van der Waals surface area contributed by atoms with E-state index in [0.717, 1.165) is 31.8 Å². The Morgan fingerprint density at radius 3 is 3.08 bits per heavy atom. The number of guanidine groups is 1. The van der Waals surface area contributed by atoms with Gasteiger partial charge in [-0.15, -0.1) is 0 Å². The van der Waals surface area contributed by atoms with Crippen molar-refractivity contribution in [3.8, 4) is 5.75 Å². The largest absolute Gasteiger partial charge is 0.493 e. The Kier molecular flexibility index (Phi) is 5.29. The minimum Gasteiger partial charge on any atom is -0.493 e. The maximum atomic E-state index is 6.11. The highest BCUT2D eigenvalue weighted by Gasteiger charge is 2.26. The maximum absolute atomic E-state index is 6.11. The van der Waals surface area contributed by atoms with Crippen LogP contribution in [0.2, 0.25) is 0 Å². The first-order valence-electron chi connectivity index (χ1n) is 9.04. The predicted molar refractivity (Wildman–Crippen MR) is 98.4 cm³/mol. The highest BCUT2D eigenvalue weighted by Crippen LogP contribution is 2.31. The molecular weight excluding hydrogens is 300 g/mol. The van der Waals surface area contributed by atoms with E-state index in [1.54, 1.807) is 0 Å². The molecule has 0 radical (unpaired) electrons. The van der Waals surface area contributed by atoms with Crippen LogP contribution in [-0.2, 0) is 0 Å². The zero-order valence-electron chi connectivity index (χ0n) is 14.9. The summed E-state index contributed by atoms with van der Waals surface area (Å²) in [6, 6.07) is 8.32. The number of nitrogens with one attached hydrogen (secondary N) is 1. The smallest absolute Gasteiger partial charge is 0.189 e. The zero-order valence-corrected chi connectivity index (χ0v) is 14.9. The summed E-state index contributed by atoms with van der Waals surface area (Å²) in [6.45, 7) is 9.48. The van der Waals surface area contributed by atoms with Crippen LogP contribution in [0.25, 0.3) is 0 Å². The van der Waals surface area contributed by atoms with E-state index in [1.165, 1.54) is 24.9 Å². The fourth-order valence-corrected chi connectivity index (χ4v) is 3.76. The van der Waals surface area contributed by atoms with Gasteiger partial charge in [0.25, 0.3) is 0 Å². The molecule has 0 aromatic heterocycles. The van der Waals surface area contributed by atoms with E-state index in [-0.39, 0.29) is 6.04 Å². The number of ether oxygens (including phenoxy) is 1. The number of hydrogen-bond acceptors (Lipinski definition) is 3. The van der Waals surface area contributed by atoms with Crippen LogP contribution in [0.3, 0.4) is 0 Å². The molecule has 3 N–H and O–H groups in total. The van der Waals surface area contributed by atoms with Gasteiger partial charge in [-0.05, 0) is 30.9 Å². The van der Waals surface area contributed by atoms with Crippen LogP contribution in [-0.4, -0.2) is 43.6 Å². The van der Waals surface area contributed by atoms with Gasteiger partial charge in [0.15, 0.2) is 5.96 Å². The van der Waals surface area contributed by atoms with Gasteiger partial charge in [-0.25, -0.2) is 0 Å². The molecule has 0 aliphatic carbocycles. The molecule has 0 bridgehead atoms. The van der Waals surface area contributed by atoms with Gasteiger partial charge in [0, 0.05) is 25.1 Å². The van der Waals surface area contributed by atoms with Crippen molar-refractivity contribution in [1.82, 2.24) is 10.2 Å². The average Bonchev–Trinajstić information content (AvgIpc) is 2.54. The first kappa shape index (κ1) is 17.1. The summed E-state index contributed by atoms with van der Waals surface area (Å²) in [5, 5.41) is 3.36. The van der Waals surface area contributed by atoms with E-state index in [2.05, 4.69) is 35.1 Å². The Bertz CT molecular complexity index is 584. The molecule has 5 heteroatoms. The predicted octanol–water partition coefficient (Wildman–Crippen LogP) is 2.54. The second-order valence-corrected chi connectivity index (χ2v) is 7.68. The number of hydrogen-bond donors (Lipinski definition) is 2. The summed E-state index contributed by atoms with van der Waals surface area (Å²) in [5.41, 5.74) is 7.70. The summed E-state index contributed by atoms with van der Waals surface area (Å²) in [6.07, 6.45) is 3.51. The van der Waals surface area contributed by atoms with Crippen LogP contribution in [0.4, 0.5) is 0 Å². The highest BCUT2D eigenvalue weighted by atomic mass is 16.5. The van der Waals surface area contributed by atoms with Crippen LogP contribution in [0.1, 0.15) is 44.7 Å². The van der Waals surface area contributed by atoms with E-state index in [1.807, 2.05) is 18.2 Å². The standard InChI is InChI=1S/C19H30N4O/c1-19(2)9-5-11-23(14-19)12-10-21-18(20)22-16-8-13-24-17-7-4-3-6-15(16)17/h3-4,6-7,16H,5,8-14H2,1-2H3,(H3,20,21,22). The molecule has 2 heterocycles. The van der Waals surface area contributed by atoms with E-state index >= 15 is 0 Å². The lowest BCUT2D eigenvalue weighted by atomic mass is 9.84. The van der Waals surface area contributed by atoms with E-state index < -0.39 is 0 Å². The molecule has 2 aliphatic rings. The topological polar surface area (TPSA) is 62.9 Å². The van der Waals surface area contributed by atoms with Crippen LogP contribution in [0.5, 0.6) is 5.75 Å². The van der Waals surface area contributed by atoms with Gasteiger partial charge in [-0.3, -0.25) is 4.99 Å². The number of rotatable bonds is 4. The van der Waals surface area contributed by atoms with Crippen LogP contribution < -0.4 is 15.8 Å². The molecule has 2 aliphatic heterocycles. The molecule has 1 aromatic rings. The quantitative estimate of drug-likeness (QED) is 0.658. The molecule has 5 nitrogen and oxygen atoms in total. The van der Waals surface area contributed by atoms with Gasteiger partial charge >= 0.3 is 0 Å². The molecule has 1 unspecified atom stereocenters. The SMILES string of the molecule is CC1(C)CCCN(CCN=C(N)NC2CCOc3ccccc32)C1. The lowest BCUT2D eigenvalue weighted by Crippen LogP contribution is -2.42. The summed E-state index contributed by atoms with van der Waals surface area (Å²) in [4.78, 5) is 7.04. The molecule has 1 fully saturated rings. The Hall–Kier alpha value is -1.75. The third-order valence-electron chi connectivity index (χ3n) is 4.96. The first-order chi connectivity index (χ1) is 11.5. The average molecular weight is 330 g/mol.